The van der Waals surface area contributed by atoms with Crippen LogP contribution in [0.2, 0.25) is 0 Å². The summed E-state index contributed by atoms with van der Waals surface area (Å²) in [6, 6.07) is 0. The second-order valence-electron chi connectivity index (χ2n) is 5.90. The summed E-state index contributed by atoms with van der Waals surface area (Å²) in [7, 11) is 0. The van der Waals surface area contributed by atoms with Crippen LogP contribution < -0.4 is 5.73 Å². The zero-order chi connectivity index (χ0) is 21.1. The lowest BCUT2D eigenvalue weighted by Gasteiger charge is -2.01. The normalized spacial score (nSPS) is 8.85. The Morgan fingerprint density at radius 1 is 0.615 bits per heavy atom. The minimum Gasteiger partial charge on any atom is -0.481 e. The molecule has 0 aliphatic rings. The van der Waals surface area contributed by atoms with Crippen LogP contribution in [-0.4, -0.2) is 17.0 Å². The number of amides is 1. The van der Waals surface area contributed by atoms with Gasteiger partial charge in [0.2, 0.25) is 5.91 Å². The molecular formula is C22H49NO3. The van der Waals surface area contributed by atoms with Crippen LogP contribution in [0.5, 0.6) is 0 Å². The number of rotatable bonds is 14. The van der Waals surface area contributed by atoms with E-state index in [1.807, 2.05) is 34.6 Å². The number of hydrogen-bond acceptors (Lipinski definition) is 2. The van der Waals surface area contributed by atoms with Crippen molar-refractivity contribution in [3.8, 4) is 0 Å². The Labute approximate surface area is 164 Å². The van der Waals surface area contributed by atoms with Crippen LogP contribution in [0.4, 0.5) is 0 Å². The van der Waals surface area contributed by atoms with Gasteiger partial charge < -0.3 is 10.8 Å². The summed E-state index contributed by atoms with van der Waals surface area (Å²) in [5.41, 5.74) is 5.07. The number of carbonyl (C=O) groups excluding carboxylic acids is 1. The number of carbonyl (C=O) groups is 2. The van der Waals surface area contributed by atoms with E-state index in [1.54, 1.807) is 0 Å². The van der Waals surface area contributed by atoms with Crippen molar-refractivity contribution in [3.05, 3.63) is 0 Å². The zero-order valence-electron chi connectivity index (χ0n) is 18.7. The Kier molecular flexibility index (Phi) is 44.0. The molecule has 26 heavy (non-hydrogen) atoms. The molecule has 0 saturated heterocycles. The van der Waals surface area contributed by atoms with Crippen LogP contribution in [0.25, 0.3) is 0 Å². The largest absolute Gasteiger partial charge is 0.481 e. The molecule has 1 amide bonds. The monoisotopic (exact) mass is 375 g/mol. The fraction of sp³-hybridized carbons (Fsp3) is 0.909. The zero-order valence-corrected chi connectivity index (χ0v) is 18.7. The SMILES string of the molecule is CC.CC.CCCC(=O)O.CCCCCCCCCCCCCC(N)=O. The predicted octanol–water partition coefficient (Wildman–Crippen LogP) is 7.10. The van der Waals surface area contributed by atoms with E-state index < -0.39 is 5.97 Å². The number of hydrogen-bond donors (Lipinski definition) is 2. The Hall–Kier alpha value is -1.06. The van der Waals surface area contributed by atoms with Crippen LogP contribution >= 0.6 is 0 Å². The van der Waals surface area contributed by atoms with Crippen molar-refractivity contribution in [1.29, 1.82) is 0 Å². The van der Waals surface area contributed by atoms with E-state index in [4.69, 9.17) is 10.8 Å². The lowest BCUT2D eigenvalue weighted by atomic mass is 10.1. The van der Waals surface area contributed by atoms with Crippen molar-refractivity contribution in [3.63, 3.8) is 0 Å². The number of aliphatic carboxylic acids is 1. The quantitative estimate of drug-likeness (QED) is 0.318. The molecule has 0 spiro atoms. The summed E-state index contributed by atoms with van der Waals surface area (Å²) in [6.45, 7) is 12.1. The molecule has 0 bridgehead atoms. The van der Waals surface area contributed by atoms with Gasteiger partial charge in [-0.25, -0.2) is 0 Å². The van der Waals surface area contributed by atoms with E-state index in [-0.39, 0.29) is 5.91 Å². The number of nitrogens with two attached hydrogens (primary N) is 1. The van der Waals surface area contributed by atoms with Gasteiger partial charge in [0, 0.05) is 12.8 Å². The summed E-state index contributed by atoms with van der Waals surface area (Å²) < 4.78 is 0. The molecule has 0 aromatic heterocycles. The standard InChI is InChI=1S/C14H29NO.C4H8O2.2C2H6/c1-2-3-4-5-6-7-8-9-10-11-12-13-14(15)16;1-2-3-4(5)6;2*1-2/h2-13H2,1H3,(H2,15,16);2-3H2,1H3,(H,5,6);2*1-2H3. The molecule has 0 rings (SSSR count). The molecule has 4 heteroatoms. The van der Waals surface area contributed by atoms with Crippen LogP contribution in [0, 0.1) is 0 Å². The molecule has 0 saturated carbocycles. The van der Waals surface area contributed by atoms with Gasteiger partial charge in [-0.2, -0.15) is 0 Å². The molecule has 0 aromatic rings. The third kappa shape index (κ3) is 49.5. The summed E-state index contributed by atoms with van der Waals surface area (Å²) in [6.07, 6.45) is 16.0. The summed E-state index contributed by atoms with van der Waals surface area (Å²) >= 11 is 0. The van der Waals surface area contributed by atoms with E-state index in [0.717, 1.165) is 12.8 Å². The number of primary amides is 1. The highest BCUT2D eigenvalue weighted by Gasteiger charge is 1.95. The predicted molar refractivity (Wildman–Crippen MR) is 116 cm³/mol. The maximum Gasteiger partial charge on any atom is 0.303 e. The van der Waals surface area contributed by atoms with Gasteiger partial charge in [-0.15, -0.1) is 0 Å². The Bertz CT molecular complexity index is 256. The highest BCUT2D eigenvalue weighted by molar-refractivity contribution is 5.73. The second-order valence-corrected chi connectivity index (χ2v) is 5.90. The Morgan fingerprint density at radius 3 is 1.19 bits per heavy atom. The maximum atomic E-state index is 10.5. The van der Waals surface area contributed by atoms with E-state index in [9.17, 15) is 9.59 Å². The van der Waals surface area contributed by atoms with Gasteiger partial charge in [0.15, 0.2) is 0 Å². The van der Waals surface area contributed by atoms with Crippen LogP contribution in [-0.2, 0) is 9.59 Å². The first kappa shape index (κ1) is 32.6. The van der Waals surface area contributed by atoms with Crippen molar-refractivity contribution in [2.24, 2.45) is 5.73 Å². The minimum atomic E-state index is -0.711. The molecule has 0 fully saturated rings. The van der Waals surface area contributed by atoms with Crippen LogP contribution in [0.1, 0.15) is 131 Å². The molecule has 0 unspecified atom stereocenters. The first-order valence-electron chi connectivity index (χ1n) is 11.0. The molecule has 0 aliphatic carbocycles. The topological polar surface area (TPSA) is 80.4 Å². The lowest BCUT2D eigenvalue weighted by Crippen LogP contribution is -2.09. The van der Waals surface area contributed by atoms with Gasteiger partial charge >= 0.3 is 5.97 Å². The van der Waals surface area contributed by atoms with Gasteiger partial charge in [-0.1, -0.05) is 106 Å². The molecule has 0 atom stereocenters. The maximum absolute atomic E-state index is 10.5. The number of carboxylic acids is 1. The first-order chi connectivity index (χ1) is 12.5. The molecule has 0 heterocycles. The molecule has 0 aliphatic heterocycles. The van der Waals surface area contributed by atoms with E-state index in [2.05, 4.69) is 6.92 Å². The minimum absolute atomic E-state index is 0.157. The number of carboxylic acid groups (broad SMARTS) is 1. The van der Waals surface area contributed by atoms with Crippen molar-refractivity contribution >= 4 is 11.9 Å². The summed E-state index contributed by atoms with van der Waals surface area (Å²) in [5.74, 6) is -0.867. The summed E-state index contributed by atoms with van der Waals surface area (Å²) in [5, 5.41) is 7.91. The van der Waals surface area contributed by atoms with Gasteiger partial charge in [-0.05, 0) is 12.8 Å². The molecule has 4 nitrogen and oxygen atoms in total. The van der Waals surface area contributed by atoms with E-state index >= 15 is 0 Å². The Balaban J connectivity index is -0.000000202. The van der Waals surface area contributed by atoms with E-state index in [1.165, 1.54) is 64.2 Å². The fourth-order valence-corrected chi connectivity index (χ4v) is 2.18. The third-order valence-corrected chi connectivity index (χ3v) is 3.49. The Morgan fingerprint density at radius 2 is 0.962 bits per heavy atom. The fourth-order valence-electron chi connectivity index (χ4n) is 2.18. The van der Waals surface area contributed by atoms with Crippen molar-refractivity contribution in [1.82, 2.24) is 0 Å². The highest BCUT2D eigenvalue weighted by atomic mass is 16.4. The molecule has 0 aromatic carbocycles. The van der Waals surface area contributed by atoms with Crippen LogP contribution in [0.3, 0.4) is 0 Å². The average Bonchev–Trinajstić information content (AvgIpc) is 2.63. The van der Waals surface area contributed by atoms with Gasteiger partial charge in [0.1, 0.15) is 0 Å². The summed E-state index contributed by atoms with van der Waals surface area (Å²) in [4.78, 5) is 20.1. The first-order valence-corrected chi connectivity index (χ1v) is 11.0. The lowest BCUT2D eigenvalue weighted by molar-refractivity contribution is -0.137. The van der Waals surface area contributed by atoms with Crippen LogP contribution in [0.15, 0.2) is 0 Å². The average molecular weight is 376 g/mol. The van der Waals surface area contributed by atoms with Crippen molar-refractivity contribution in [2.45, 2.75) is 131 Å². The van der Waals surface area contributed by atoms with Crippen molar-refractivity contribution in [2.75, 3.05) is 0 Å². The molecule has 0 radical (unpaired) electrons. The third-order valence-electron chi connectivity index (χ3n) is 3.49. The second kappa shape index (κ2) is 35.1. The van der Waals surface area contributed by atoms with Crippen molar-refractivity contribution < 1.29 is 14.7 Å². The van der Waals surface area contributed by atoms with Gasteiger partial charge in [0.05, 0.1) is 0 Å². The molecule has 160 valence electrons. The highest BCUT2D eigenvalue weighted by Crippen LogP contribution is 2.11. The van der Waals surface area contributed by atoms with Gasteiger partial charge in [0.25, 0.3) is 0 Å². The number of unbranched alkanes of at least 4 members (excludes halogenated alkanes) is 10. The smallest absolute Gasteiger partial charge is 0.303 e. The molecule has 3 N–H and O–H groups in total. The van der Waals surface area contributed by atoms with E-state index in [0.29, 0.717) is 12.8 Å². The molecular weight excluding hydrogens is 326 g/mol. The van der Waals surface area contributed by atoms with Gasteiger partial charge in [-0.3, -0.25) is 9.59 Å².